The molecule has 0 fully saturated rings. The fraction of sp³-hybridized carbons (Fsp3) is 0.176. The number of aryl methyl sites for hydroxylation is 3. The number of fused-ring (bicyclic) bond motifs is 1. The van der Waals surface area contributed by atoms with Gasteiger partial charge in [0, 0.05) is 18.5 Å². The summed E-state index contributed by atoms with van der Waals surface area (Å²) >= 11 is 0. The zero-order valence-electron chi connectivity index (χ0n) is 24.9. The maximum absolute atomic E-state index is 13.1. The molecule has 0 aliphatic rings. The third-order valence-electron chi connectivity index (χ3n) is 6.53. The van der Waals surface area contributed by atoms with E-state index < -0.39 is 5.97 Å². The van der Waals surface area contributed by atoms with Gasteiger partial charge in [0.1, 0.15) is 17.5 Å². The van der Waals surface area contributed by atoms with Crippen molar-refractivity contribution in [3.8, 4) is 5.69 Å². The van der Waals surface area contributed by atoms with Crippen molar-refractivity contribution in [3.05, 3.63) is 129 Å². The third-order valence-corrected chi connectivity index (χ3v) is 6.53. The van der Waals surface area contributed by atoms with Gasteiger partial charge in [-0.25, -0.2) is 18.6 Å². The molecule has 4 aromatic carbocycles. The summed E-state index contributed by atoms with van der Waals surface area (Å²) < 4.78 is 26.7. The lowest BCUT2D eigenvalue weighted by Gasteiger charge is -2.13. The van der Waals surface area contributed by atoms with Gasteiger partial charge in [-0.05, 0) is 85.6 Å². The second-order valence-electron chi connectivity index (χ2n) is 9.72. The van der Waals surface area contributed by atoms with Gasteiger partial charge in [-0.3, -0.25) is 14.2 Å². The topological polar surface area (TPSA) is 127 Å². The van der Waals surface area contributed by atoms with Crippen molar-refractivity contribution >= 4 is 34.2 Å². The number of nitrogens with zero attached hydrogens (tertiary/aromatic N) is 2. The average molecular weight is 601 g/mol. The van der Waals surface area contributed by atoms with Gasteiger partial charge in [-0.15, -0.1) is 0 Å². The number of nitrogens with two attached hydrogens (primary N) is 1. The Kier molecular flexibility index (Phi) is 11.4. The number of rotatable bonds is 5. The summed E-state index contributed by atoms with van der Waals surface area (Å²) in [5.74, 6) is -1.12. The number of halogens is 2. The first-order valence-corrected chi connectivity index (χ1v) is 13.9. The molecule has 5 aromatic rings. The Hall–Kier alpha value is -5.38. The molecule has 0 spiro atoms. The number of aromatic carboxylic acids is 1. The average Bonchev–Trinajstić information content (AvgIpc) is 2.99. The van der Waals surface area contributed by atoms with Gasteiger partial charge in [-0.1, -0.05) is 38.1 Å². The molecule has 5 rings (SSSR count). The van der Waals surface area contributed by atoms with Crippen LogP contribution in [0.5, 0.6) is 0 Å². The summed E-state index contributed by atoms with van der Waals surface area (Å²) in [6, 6.07) is 22.2. The molecule has 1 heterocycles. The van der Waals surface area contributed by atoms with E-state index in [2.05, 4.69) is 10.3 Å². The van der Waals surface area contributed by atoms with E-state index in [-0.39, 0.29) is 28.7 Å². The zero-order valence-corrected chi connectivity index (χ0v) is 24.9. The Morgan fingerprint density at radius 3 is 1.98 bits per heavy atom. The molecule has 0 saturated carbocycles. The largest absolute Gasteiger partial charge is 0.478 e. The number of carbonyl (C=O) groups excluding carboxylic acids is 1. The van der Waals surface area contributed by atoms with E-state index in [0.717, 1.165) is 5.56 Å². The summed E-state index contributed by atoms with van der Waals surface area (Å²) in [6.45, 7) is 7.26. The fourth-order valence-electron chi connectivity index (χ4n) is 4.29. The van der Waals surface area contributed by atoms with Crippen LogP contribution in [0.15, 0.2) is 89.7 Å². The molecule has 4 N–H and O–H groups in total. The normalized spacial score (nSPS) is 10.2. The maximum atomic E-state index is 13.1. The van der Waals surface area contributed by atoms with Crippen LogP contribution in [0.25, 0.3) is 16.6 Å². The van der Waals surface area contributed by atoms with E-state index in [0.29, 0.717) is 52.2 Å². The Bertz CT molecular complexity index is 1800. The molecule has 0 aliphatic carbocycles. The molecule has 0 aliphatic heterocycles. The van der Waals surface area contributed by atoms with Crippen LogP contribution in [0.1, 0.15) is 47.6 Å². The van der Waals surface area contributed by atoms with Crippen LogP contribution in [0.2, 0.25) is 0 Å². The predicted molar refractivity (Wildman–Crippen MR) is 169 cm³/mol. The molecule has 1 aromatic heterocycles. The summed E-state index contributed by atoms with van der Waals surface area (Å²) in [7, 11) is 0. The van der Waals surface area contributed by atoms with Crippen molar-refractivity contribution < 1.29 is 23.5 Å². The van der Waals surface area contributed by atoms with Gasteiger partial charge in [-0.2, -0.15) is 0 Å². The minimum Gasteiger partial charge on any atom is -0.478 e. The standard InChI is InChI=1S/C17H15FN2O.C11H13NO3.C6H6FN/c1-3-15-19-14-6-4-5-11(2)16(14)17(21)20(15)13-9-7-12(18)8-10-13;1-3-9(13)12-8-6-4-5-7(2)10(8)11(14)15;7-5-1-3-6(8)4-2-5/h4-10H,3H2,1-2H3;4-6H,3H2,1-2H3,(H,12,13)(H,14,15);1-4H,8H2. The molecular weight excluding hydrogens is 566 g/mol. The molecular formula is C34H34F2N4O4. The summed E-state index contributed by atoms with van der Waals surface area (Å²) in [5, 5.41) is 12.2. The minimum atomic E-state index is -1.03. The van der Waals surface area contributed by atoms with Gasteiger partial charge >= 0.3 is 5.97 Å². The number of hydrogen-bond acceptors (Lipinski definition) is 5. The Morgan fingerprint density at radius 1 is 0.864 bits per heavy atom. The monoisotopic (exact) mass is 600 g/mol. The SMILES string of the molecule is CCC(=O)Nc1cccc(C)c1C(=O)O.CCc1nc2cccc(C)c2c(=O)n1-c1ccc(F)cc1.Nc1ccc(F)cc1. The number of nitrogens with one attached hydrogen (secondary N) is 1. The smallest absolute Gasteiger partial charge is 0.338 e. The lowest BCUT2D eigenvalue weighted by atomic mass is 10.1. The highest BCUT2D eigenvalue weighted by Gasteiger charge is 2.14. The number of carboxylic acids is 1. The number of hydrogen-bond donors (Lipinski definition) is 3. The van der Waals surface area contributed by atoms with Crippen molar-refractivity contribution in [3.63, 3.8) is 0 Å². The van der Waals surface area contributed by atoms with E-state index in [4.69, 9.17) is 10.8 Å². The Morgan fingerprint density at radius 2 is 1.43 bits per heavy atom. The number of anilines is 2. The Labute approximate surface area is 253 Å². The molecule has 0 saturated heterocycles. The van der Waals surface area contributed by atoms with E-state index in [9.17, 15) is 23.2 Å². The highest BCUT2D eigenvalue weighted by molar-refractivity contribution is 6.01. The third kappa shape index (κ3) is 8.34. The van der Waals surface area contributed by atoms with Crippen LogP contribution in [0.4, 0.5) is 20.2 Å². The van der Waals surface area contributed by atoms with Crippen LogP contribution >= 0.6 is 0 Å². The van der Waals surface area contributed by atoms with Gasteiger partial charge in [0.2, 0.25) is 5.91 Å². The number of carbonyl (C=O) groups is 2. The Balaban J connectivity index is 0.000000200. The second kappa shape index (κ2) is 15.2. The van der Waals surface area contributed by atoms with E-state index >= 15 is 0 Å². The van der Waals surface area contributed by atoms with E-state index in [1.807, 2.05) is 32.0 Å². The van der Waals surface area contributed by atoms with Gasteiger partial charge in [0.25, 0.3) is 5.56 Å². The lowest BCUT2D eigenvalue weighted by Crippen LogP contribution is -2.24. The van der Waals surface area contributed by atoms with Crippen LogP contribution < -0.4 is 16.6 Å². The van der Waals surface area contributed by atoms with Crippen LogP contribution in [0.3, 0.4) is 0 Å². The number of nitrogen functional groups attached to an aromatic ring is 1. The molecule has 1 amide bonds. The maximum Gasteiger partial charge on any atom is 0.338 e. The second-order valence-corrected chi connectivity index (χ2v) is 9.72. The lowest BCUT2D eigenvalue weighted by molar-refractivity contribution is -0.115. The number of amides is 1. The number of benzene rings is 4. The number of aromatic nitrogens is 2. The highest BCUT2D eigenvalue weighted by Crippen LogP contribution is 2.20. The van der Waals surface area contributed by atoms with Crippen molar-refractivity contribution in [2.75, 3.05) is 11.1 Å². The van der Waals surface area contributed by atoms with Gasteiger partial charge < -0.3 is 16.2 Å². The predicted octanol–water partition coefficient (Wildman–Crippen LogP) is 6.85. The van der Waals surface area contributed by atoms with Crippen LogP contribution in [-0.2, 0) is 11.2 Å². The number of carboxylic acid groups (broad SMARTS) is 1. The van der Waals surface area contributed by atoms with Gasteiger partial charge in [0.15, 0.2) is 0 Å². The van der Waals surface area contributed by atoms with Crippen molar-refractivity contribution in [1.82, 2.24) is 9.55 Å². The molecule has 8 nitrogen and oxygen atoms in total. The van der Waals surface area contributed by atoms with E-state index in [1.54, 1.807) is 48.7 Å². The first kappa shape index (κ1) is 33.1. The van der Waals surface area contributed by atoms with Crippen LogP contribution in [0, 0.1) is 25.5 Å². The molecule has 10 heteroatoms. The first-order valence-electron chi connectivity index (χ1n) is 13.9. The van der Waals surface area contributed by atoms with Crippen molar-refractivity contribution in [1.29, 1.82) is 0 Å². The molecule has 228 valence electrons. The molecule has 0 atom stereocenters. The molecule has 0 radical (unpaired) electrons. The quantitative estimate of drug-likeness (QED) is 0.190. The molecule has 0 bridgehead atoms. The highest BCUT2D eigenvalue weighted by atomic mass is 19.1. The van der Waals surface area contributed by atoms with Crippen LogP contribution in [-0.4, -0.2) is 26.5 Å². The summed E-state index contributed by atoms with van der Waals surface area (Å²) in [5.41, 5.74) is 9.11. The molecule has 0 unspecified atom stereocenters. The zero-order chi connectivity index (χ0) is 32.4. The molecule has 44 heavy (non-hydrogen) atoms. The first-order chi connectivity index (χ1) is 21.0. The minimum absolute atomic E-state index is 0.110. The summed E-state index contributed by atoms with van der Waals surface area (Å²) in [4.78, 5) is 39.6. The fourth-order valence-corrected chi connectivity index (χ4v) is 4.29. The summed E-state index contributed by atoms with van der Waals surface area (Å²) in [6.07, 6.45) is 0.948. The van der Waals surface area contributed by atoms with Crippen molar-refractivity contribution in [2.45, 2.75) is 40.5 Å². The van der Waals surface area contributed by atoms with E-state index in [1.165, 1.54) is 36.4 Å². The van der Waals surface area contributed by atoms with Crippen molar-refractivity contribution in [2.24, 2.45) is 0 Å². The van der Waals surface area contributed by atoms with Gasteiger partial charge in [0.05, 0.1) is 27.8 Å².